The normalized spacial score (nSPS) is 17.1. The average molecular weight is 320 g/mol. The van der Waals surface area contributed by atoms with Crippen LogP contribution in [0.1, 0.15) is 15.9 Å². The maximum absolute atomic E-state index is 12.3. The molecule has 0 spiro atoms. The molecule has 0 aliphatic heterocycles. The Morgan fingerprint density at radius 3 is 2.21 bits per heavy atom. The molecule has 0 saturated carbocycles. The molecule has 1 N–H and O–H groups in total. The molecule has 3 aromatic rings. The second-order valence-corrected chi connectivity index (χ2v) is 5.89. The van der Waals surface area contributed by atoms with Crippen LogP contribution in [0.25, 0.3) is 21.5 Å². The number of hydrogen-bond donors (Lipinski definition) is 1. The summed E-state index contributed by atoms with van der Waals surface area (Å²) in [5.74, 6) is -1.44. The number of carbonyl (C=O) groups excluding carboxylic acids is 2. The van der Waals surface area contributed by atoms with Crippen molar-refractivity contribution in [2.24, 2.45) is 0 Å². The van der Waals surface area contributed by atoms with E-state index in [0.29, 0.717) is 11.1 Å². The van der Waals surface area contributed by atoms with Gasteiger partial charge in [0.1, 0.15) is 0 Å². The van der Waals surface area contributed by atoms with E-state index >= 15 is 0 Å². The van der Waals surface area contributed by atoms with Crippen molar-refractivity contribution in [3.63, 3.8) is 0 Å². The summed E-state index contributed by atoms with van der Waals surface area (Å²) in [6.07, 6.45) is 0.129. The number of benzene rings is 3. The lowest BCUT2D eigenvalue weighted by Crippen LogP contribution is -2.48. The molecule has 0 saturated heterocycles. The largest absolute Gasteiger partial charge is 0.288 e. The topological polar surface area (TPSA) is 89.3 Å². The van der Waals surface area contributed by atoms with E-state index in [1.807, 2.05) is 47.9 Å². The minimum absolute atomic E-state index is 0.129. The average Bonchev–Trinajstić information content (AvgIpc) is 2.56. The molecule has 0 amide bonds. The molecule has 6 nitrogen and oxygen atoms in total. The molecule has 0 radical (unpaired) electrons. The number of hydrogen-bond acceptors (Lipinski definition) is 4. The van der Waals surface area contributed by atoms with Crippen LogP contribution in [0.3, 0.4) is 0 Å². The van der Waals surface area contributed by atoms with E-state index in [0.717, 1.165) is 21.5 Å². The van der Waals surface area contributed by atoms with Crippen LogP contribution in [0.4, 0.5) is 0 Å². The SMILES string of the molecule is O=C1C(=O)C(N[N+](=O)[O-])Cc2cc3cc4ccccc4cc3cc21. The fraction of sp³-hybridized carbons (Fsp3) is 0.111. The summed E-state index contributed by atoms with van der Waals surface area (Å²) in [6, 6.07) is 14.3. The van der Waals surface area contributed by atoms with E-state index in [2.05, 4.69) is 0 Å². The van der Waals surface area contributed by atoms with Crippen molar-refractivity contribution in [2.45, 2.75) is 12.5 Å². The van der Waals surface area contributed by atoms with E-state index in [-0.39, 0.29) is 6.42 Å². The zero-order valence-corrected chi connectivity index (χ0v) is 12.5. The Bertz CT molecular complexity index is 1040. The molecule has 4 rings (SSSR count). The summed E-state index contributed by atoms with van der Waals surface area (Å²) in [5.41, 5.74) is 2.92. The quantitative estimate of drug-likeness (QED) is 0.339. The molecule has 0 aromatic heterocycles. The van der Waals surface area contributed by atoms with Crippen LogP contribution in [-0.4, -0.2) is 22.6 Å². The summed E-state index contributed by atoms with van der Waals surface area (Å²) in [4.78, 5) is 35.0. The molecule has 118 valence electrons. The molecule has 1 aliphatic rings. The predicted octanol–water partition coefficient (Wildman–Crippen LogP) is 2.45. The van der Waals surface area contributed by atoms with E-state index in [9.17, 15) is 19.7 Å². The van der Waals surface area contributed by atoms with Crippen LogP contribution < -0.4 is 5.43 Å². The number of hydrazine groups is 1. The minimum atomic E-state index is -1.11. The van der Waals surface area contributed by atoms with Gasteiger partial charge in [-0.1, -0.05) is 30.3 Å². The highest BCUT2D eigenvalue weighted by Crippen LogP contribution is 2.29. The lowest BCUT2D eigenvalue weighted by atomic mass is 9.84. The fourth-order valence-electron chi connectivity index (χ4n) is 3.25. The Labute approximate surface area is 136 Å². The molecule has 0 heterocycles. The van der Waals surface area contributed by atoms with E-state index in [1.54, 1.807) is 6.07 Å². The molecule has 24 heavy (non-hydrogen) atoms. The molecule has 1 aliphatic carbocycles. The smallest absolute Gasteiger partial charge is 0.231 e. The summed E-state index contributed by atoms with van der Waals surface area (Å²) < 4.78 is 0. The van der Waals surface area contributed by atoms with Crippen molar-refractivity contribution in [3.05, 3.63) is 69.8 Å². The Hall–Kier alpha value is -3.28. The van der Waals surface area contributed by atoms with E-state index in [1.165, 1.54) is 0 Å². The number of fused-ring (bicyclic) bond motifs is 3. The van der Waals surface area contributed by atoms with Gasteiger partial charge in [-0.2, -0.15) is 0 Å². The van der Waals surface area contributed by atoms with Gasteiger partial charge in [-0.15, -0.1) is 5.43 Å². The van der Waals surface area contributed by atoms with Crippen LogP contribution >= 0.6 is 0 Å². The molecule has 0 bridgehead atoms. The van der Waals surface area contributed by atoms with Crippen molar-refractivity contribution < 1.29 is 14.6 Å². The minimum Gasteiger partial charge on any atom is -0.288 e. The highest BCUT2D eigenvalue weighted by atomic mass is 16.7. The monoisotopic (exact) mass is 320 g/mol. The van der Waals surface area contributed by atoms with Gasteiger partial charge in [-0.3, -0.25) is 9.59 Å². The van der Waals surface area contributed by atoms with Crippen LogP contribution in [0.2, 0.25) is 0 Å². The molecule has 1 atom stereocenters. The molecule has 3 aromatic carbocycles. The summed E-state index contributed by atoms with van der Waals surface area (Å²) in [6.45, 7) is 0. The summed E-state index contributed by atoms with van der Waals surface area (Å²) in [7, 11) is 0. The first-order valence-corrected chi connectivity index (χ1v) is 7.47. The highest BCUT2D eigenvalue weighted by Gasteiger charge is 2.36. The molecule has 1 unspecified atom stereocenters. The van der Waals surface area contributed by atoms with Crippen molar-refractivity contribution in [3.8, 4) is 0 Å². The Balaban J connectivity index is 1.89. The lowest BCUT2D eigenvalue weighted by molar-refractivity contribution is -0.548. The molecule has 0 fully saturated rings. The van der Waals surface area contributed by atoms with Gasteiger partial charge in [-0.05, 0) is 45.3 Å². The van der Waals surface area contributed by atoms with E-state index < -0.39 is 22.6 Å². The van der Waals surface area contributed by atoms with E-state index in [4.69, 9.17) is 0 Å². The zero-order valence-electron chi connectivity index (χ0n) is 12.5. The number of nitrogens with one attached hydrogen (secondary N) is 1. The maximum atomic E-state index is 12.3. The first kappa shape index (κ1) is 14.3. The van der Waals surface area contributed by atoms with Crippen molar-refractivity contribution in [1.82, 2.24) is 5.43 Å². The van der Waals surface area contributed by atoms with Gasteiger partial charge in [0.25, 0.3) is 0 Å². The molecular formula is C18H12N2O4. The number of nitro groups is 1. The van der Waals surface area contributed by atoms with Crippen LogP contribution in [0.15, 0.2) is 48.5 Å². The van der Waals surface area contributed by atoms with Gasteiger partial charge in [0.2, 0.25) is 11.6 Å². The predicted molar refractivity (Wildman–Crippen MR) is 88.4 cm³/mol. The lowest BCUT2D eigenvalue weighted by Gasteiger charge is -2.20. The second-order valence-electron chi connectivity index (χ2n) is 5.89. The van der Waals surface area contributed by atoms with Crippen LogP contribution in [0.5, 0.6) is 0 Å². The van der Waals surface area contributed by atoms with Crippen molar-refractivity contribution in [2.75, 3.05) is 0 Å². The third kappa shape index (κ3) is 2.20. The third-order valence-corrected chi connectivity index (χ3v) is 4.40. The fourth-order valence-corrected chi connectivity index (χ4v) is 3.25. The van der Waals surface area contributed by atoms with Gasteiger partial charge >= 0.3 is 0 Å². The van der Waals surface area contributed by atoms with Gasteiger partial charge in [0.15, 0.2) is 11.1 Å². The standard InChI is InChI=1S/C18H12N2O4/c21-17-15-8-13-6-11-4-2-1-3-10(11)5-12(13)7-14(15)9-16(18(17)22)19-20(23)24/h1-8,16,19H,9H2. The summed E-state index contributed by atoms with van der Waals surface area (Å²) in [5, 5.41) is 13.8. The first-order chi connectivity index (χ1) is 11.5. The highest BCUT2D eigenvalue weighted by molar-refractivity contribution is 6.46. The Morgan fingerprint density at radius 2 is 1.58 bits per heavy atom. The number of nitrogens with zero attached hydrogens (tertiary/aromatic N) is 1. The molecule has 6 heteroatoms. The molecular weight excluding hydrogens is 308 g/mol. The first-order valence-electron chi connectivity index (χ1n) is 7.47. The van der Waals surface area contributed by atoms with Gasteiger partial charge in [-0.25, -0.2) is 10.1 Å². The van der Waals surface area contributed by atoms with Gasteiger partial charge < -0.3 is 0 Å². The van der Waals surface area contributed by atoms with Gasteiger partial charge in [0, 0.05) is 12.0 Å². The van der Waals surface area contributed by atoms with Crippen molar-refractivity contribution >= 4 is 33.1 Å². The number of Topliss-reactive ketones (excluding diaryl/α,β-unsaturated/α-hetero) is 2. The van der Waals surface area contributed by atoms with Crippen LogP contribution in [-0.2, 0) is 11.2 Å². The number of carbonyl (C=O) groups is 2. The summed E-state index contributed by atoms with van der Waals surface area (Å²) >= 11 is 0. The Morgan fingerprint density at radius 1 is 0.958 bits per heavy atom. The zero-order chi connectivity index (χ0) is 16.8. The van der Waals surface area contributed by atoms with Crippen molar-refractivity contribution in [1.29, 1.82) is 0 Å². The maximum Gasteiger partial charge on any atom is 0.231 e. The van der Waals surface area contributed by atoms with Crippen LogP contribution in [0, 0.1) is 10.1 Å². The number of rotatable bonds is 2. The van der Waals surface area contributed by atoms with Gasteiger partial charge in [0.05, 0.1) is 0 Å². The number of ketones is 2. The Kier molecular flexibility index (Phi) is 3.06. The third-order valence-electron chi connectivity index (χ3n) is 4.40. The second kappa shape index (κ2) is 5.13.